The van der Waals surface area contributed by atoms with Crippen LogP contribution >= 0.6 is 0 Å². The quantitative estimate of drug-likeness (QED) is 0.212. The Balaban J connectivity index is 2.95. The van der Waals surface area contributed by atoms with Gasteiger partial charge < -0.3 is 0 Å². The predicted octanol–water partition coefficient (Wildman–Crippen LogP) is 4.44. The van der Waals surface area contributed by atoms with Gasteiger partial charge >= 0.3 is 0 Å². The van der Waals surface area contributed by atoms with Crippen LogP contribution in [0.15, 0.2) is 24.8 Å². The lowest BCUT2D eigenvalue weighted by atomic mass is 10.1. The van der Waals surface area contributed by atoms with Crippen LogP contribution in [0.4, 0.5) is 0 Å². The van der Waals surface area contributed by atoms with E-state index in [-0.39, 0.29) is 0 Å². The Kier molecular flexibility index (Phi) is 12.4. The molecule has 0 radical (unpaired) electrons. The van der Waals surface area contributed by atoms with Gasteiger partial charge in [-0.1, -0.05) is 44.3 Å². The van der Waals surface area contributed by atoms with Crippen LogP contribution in [0.2, 0.25) is 0 Å². The summed E-state index contributed by atoms with van der Waals surface area (Å²) in [7, 11) is 0. The maximum Gasteiger partial charge on any atom is 0.142 e. The van der Waals surface area contributed by atoms with E-state index < -0.39 is 0 Å². The van der Waals surface area contributed by atoms with Crippen LogP contribution in [0.25, 0.3) is 0 Å². The molecule has 86 valence electrons. The number of carbonyl (C=O) groups excluding carboxylic acids is 1. The SMILES string of the molecule is C=CCCCCCCCCC/C=C/C=O. The van der Waals surface area contributed by atoms with Gasteiger partial charge in [-0.3, -0.25) is 4.79 Å². The lowest BCUT2D eigenvalue weighted by Gasteiger charge is -1.99. The topological polar surface area (TPSA) is 17.1 Å². The van der Waals surface area contributed by atoms with Crippen LogP contribution in [-0.4, -0.2) is 6.29 Å². The molecule has 0 fully saturated rings. The first kappa shape index (κ1) is 14.2. The number of hydrogen-bond donors (Lipinski definition) is 0. The van der Waals surface area contributed by atoms with Gasteiger partial charge in [0.25, 0.3) is 0 Å². The van der Waals surface area contributed by atoms with Crippen molar-refractivity contribution in [2.45, 2.75) is 57.8 Å². The van der Waals surface area contributed by atoms with Gasteiger partial charge in [-0.2, -0.15) is 0 Å². The average Bonchev–Trinajstić information content (AvgIpc) is 2.26. The number of unbranched alkanes of at least 4 members (excludes halogenated alkanes) is 8. The average molecular weight is 208 g/mol. The molecule has 0 saturated heterocycles. The zero-order chi connectivity index (χ0) is 11.2. The summed E-state index contributed by atoms with van der Waals surface area (Å²) in [4.78, 5) is 9.97. The third kappa shape index (κ3) is 13.2. The van der Waals surface area contributed by atoms with Crippen molar-refractivity contribution in [2.75, 3.05) is 0 Å². The number of rotatable bonds is 11. The zero-order valence-corrected chi connectivity index (χ0v) is 9.79. The predicted molar refractivity (Wildman–Crippen MR) is 67.0 cm³/mol. The smallest absolute Gasteiger partial charge is 0.142 e. The molecule has 0 atom stereocenters. The van der Waals surface area contributed by atoms with E-state index >= 15 is 0 Å². The van der Waals surface area contributed by atoms with Gasteiger partial charge in [-0.15, -0.1) is 6.58 Å². The van der Waals surface area contributed by atoms with Gasteiger partial charge in [0.05, 0.1) is 0 Å². The Morgan fingerprint density at radius 3 is 1.87 bits per heavy atom. The lowest BCUT2D eigenvalue weighted by molar-refractivity contribution is -0.104. The summed E-state index contributed by atoms with van der Waals surface area (Å²) in [6, 6.07) is 0. The summed E-state index contributed by atoms with van der Waals surface area (Å²) < 4.78 is 0. The monoisotopic (exact) mass is 208 g/mol. The van der Waals surface area contributed by atoms with Crippen LogP contribution in [0.3, 0.4) is 0 Å². The molecule has 0 bridgehead atoms. The van der Waals surface area contributed by atoms with E-state index in [2.05, 4.69) is 6.58 Å². The fourth-order valence-corrected chi connectivity index (χ4v) is 1.59. The summed E-state index contributed by atoms with van der Waals surface area (Å²) in [5, 5.41) is 0. The molecule has 0 saturated carbocycles. The van der Waals surface area contributed by atoms with Gasteiger partial charge in [-0.05, 0) is 31.8 Å². The van der Waals surface area contributed by atoms with Crippen LogP contribution in [0.1, 0.15) is 57.8 Å². The molecular weight excluding hydrogens is 184 g/mol. The van der Waals surface area contributed by atoms with Gasteiger partial charge in [-0.25, -0.2) is 0 Å². The Bertz CT molecular complexity index is 170. The van der Waals surface area contributed by atoms with Crippen molar-refractivity contribution in [2.24, 2.45) is 0 Å². The first-order valence-electron chi connectivity index (χ1n) is 6.13. The Morgan fingerprint density at radius 2 is 1.33 bits per heavy atom. The molecule has 0 aliphatic heterocycles. The first-order chi connectivity index (χ1) is 7.41. The Morgan fingerprint density at radius 1 is 0.800 bits per heavy atom. The van der Waals surface area contributed by atoms with Crippen molar-refractivity contribution in [3.05, 3.63) is 24.8 Å². The van der Waals surface area contributed by atoms with Gasteiger partial charge in [0.15, 0.2) is 0 Å². The number of carbonyl (C=O) groups is 1. The second kappa shape index (κ2) is 13.2. The van der Waals surface area contributed by atoms with Crippen LogP contribution < -0.4 is 0 Å². The minimum atomic E-state index is 0.847. The second-order valence-corrected chi connectivity index (χ2v) is 3.91. The van der Waals surface area contributed by atoms with Crippen molar-refractivity contribution < 1.29 is 4.79 Å². The highest BCUT2D eigenvalue weighted by molar-refractivity contribution is 5.64. The van der Waals surface area contributed by atoms with E-state index in [1.54, 1.807) is 6.08 Å². The number of aldehydes is 1. The summed E-state index contributed by atoms with van der Waals surface area (Å²) in [5.74, 6) is 0. The van der Waals surface area contributed by atoms with E-state index in [9.17, 15) is 4.79 Å². The fourth-order valence-electron chi connectivity index (χ4n) is 1.59. The van der Waals surface area contributed by atoms with Crippen LogP contribution in [0, 0.1) is 0 Å². The molecule has 0 aromatic heterocycles. The van der Waals surface area contributed by atoms with Crippen molar-refractivity contribution >= 4 is 6.29 Å². The minimum absolute atomic E-state index is 0.847. The molecule has 0 rings (SSSR count). The summed E-state index contributed by atoms with van der Waals surface area (Å²) >= 11 is 0. The van der Waals surface area contributed by atoms with Crippen molar-refractivity contribution in [3.63, 3.8) is 0 Å². The number of allylic oxidation sites excluding steroid dienone is 3. The maximum atomic E-state index is 9.97. The van der Waals surface area contributed by atoms with Crippen molar-refractivity contribution in [3.8, 4) is 0 Å². The molecule has 0 aromatic carbocycles. The lowest BCUT2D eigenvalue weighted by Crippen LogP contribution is -1.80. The van der Waals surface area contributed by atoms with Crippen molar-refractivity contribution in [1.82, 2.24) is 0 Å². The summed E-state index contributed by atoms with van der Waals surface area (Å²) in [6.45, 7) is 3.71. The first-order valence-corrected chi connectivity index (χ1v) is 6.13. The largest absolute Gasteiger partial charge is 0.299 e. The third-order valence-corrected chi connectivity index (χ3v) is 2.49. The van der Waals surface area contributed by atoms with Gasteiger partial charge in [0, 0.05) is 0 Å². The molecular formula is C14H24O. The zero-order valence-electron chi connectivity index (χ0n) is 9.79. The highest BCUT2D eigenvalue weighted by Gasteiger charge is 1.90. The van der Waals surface area contributed by atoms with Gasteiger partial charge in [0.1, 0.15) is 6.29 Å². The molecule has 1 heteroatoms. The molecule has 0 aliphatic rings. The summed E-state index contributed by atoms with van der Waals surface area (Å²) in [6.07, 6.45) is 17.8. The molecule has 0 aromatic rings. The number of hydrogen-bond acceptors (Lipinski definition) is 1. The highest BCUT2D eigenvalue weighted by atomic mass is 16.1. The Labute approximate surface area is 94.3 Å². The molecule has 0 amide bonds. The van der Waals surface area contributed by atoms with E-state index in [0.29, 0.717) is 0 Å². The minimum Gasteiger partial charge on any atom is -0.299 e. The van der Waals surface area contributed by atoms with E-state index in [1.807, 2.05) is 12.2 Å². The van der Waals surface area contributed by atoms with E-state index in [4.69, 9.17) is 0 Å². The fraction of sp³-hybridized carbons (Fsp3) is 0.643. The third-order valence-electron chi connectivity index (χ3n) is 2.49. The maximum absolute atomic E-state index is 9.97. The Hall–Kier alpha value is -0.850. The molecule has 0 N–H and O–H groups in total. The molecule has 1 nitrogen and oxygen atoms in total. The van der Waals surface area contributed by atoms with E-state index in [0.717, 1.165) is 19.1 Å². The van der Waals surface area contributed by atoms with E-state index in [1.165, 1.54) is 44.9 Å². The van der Waals surface area contributed by atoms with Crippen molar-refractivity contribution in [1.29, 1.82) is 0 Å². The highest BCUT2D eigenvalue weighted by Crippen LogP contribution is 2.09. The molecule has 0 heterocycles. The standard InChI is InChI=1S/C14H24O/c1-2-3-4-5-6-7-8-9-10-11-12-13-14-15/h2,12-14H,1,3-11H2/b13-12+. The summed E-state index contributed by atoms with van der Waals surface area (Å²) in [5.41, 5.74) is 0. The van der Waals surface area contributed by atoms with Gasteiger partial charge in [0.2, 0.25) is 0 Å². The molecule has 0 spiro atoms. The normalized spacial score (nSPS) is 10.7. The van der Waals surface area contributed by atoms with Crippen LogP contribution in [0.5, 0.6) is 0 Å². The second-order valence-electron chi connectivity index (χ2n) is 3.91. The molecule has 15 heavy (non-hydrogen) atoms. The molecule has 0 aliphatic carbocycles. The van der Waals surface area contributed by atoms with Crippen LogP contribution in [-0.2, 0) is 4.79 Å². The molecule has 0 unspecified atom stereocenters.